The normalized spacial score (nSPS) is 23.1. The molecule has 1 amide bonds. The molecule has 124 valence electrons. The first-order valence-electron chi connectivity index (χ1n) is 7.65. The molecule has 0 radical (unpaired) electrons. The third-order valence-electron chi connectivity index (χ3n) is 3.52. The van der Waals surface area contributed by atoms with Gasteiger partial charge in [-0.15, -0.1) is 0 Å². The predicted molar refractivity (Wildman–Crippen MR) is 85.3 cm³/mol. The van der Waals surface area contributed by atoms with E-state index in [1.54, 1.807) is 0 Å². The van der Waals surface area contributed by atoms with Crippen LogP contribution in [0.2, 0.25) is 0 Å². The summed E-state index contributed by atoms with van der Waals surface area (Å²) in [6, 6.07) is 0.634. The molecule has 2 saturated heterocycles. The first-order valence-corrected chi connectivity index (χ1v) is 7.65. The summed E-state index contributed by atoms with van der Waals surface area (Å²) in [5.41, 5.74) is -0.362. The molecule has 2 heterocycles. The highest BCUT2D eigenvalue weighted by molar-refractivity contribution is 5.68. The summed E-state index contributed by atoms with van der Waals surface area (Å²) in [5.74, 6) is 1.50. The average Bonchev–Trinajstić information content (AvgIpc) is 2.39. The van der Waals surface area contributed by atoms with Crippen molar-refractivity contribution in [2.75, 3.05) is 20.1 Å². The van der Waals surface area contributed by atoms with Crippen LogP contribution in [-0.4, -0.2) is 49.6 Å². The minimum absolute atomic E-state index is 0.132. The van der Waals surface area contributed by atoms with E-state index in [2.05, 4.69) is 19.2 Å². The lowest BCUT2D eigenvalue weighted by atomic mass is 9.71. The van der Waals surface area contributed by atoms with Crippen LogP contribution in [0.5, 0.6) is 0 Å². The smallest absolute Gasteiger partial charge is 0.410 e. The Morgan fingerprint density at radius 1 is 1.19 bits per heavy atom. The maximum Gasteiger partial charge on any atom is 0.410 e. The van der Waals surface area contributed by atoms with Crippen LogP contribution >= 0.6 is 0 Å². The molecule has 2 aliphatic heterocycles. The monoisotopic (exact) mass is 300 g/mol. The number of nitrogens with one attached hydrogen (secondary N) is 1. The molecule has 0 atom stereocenters. The van der Waals surface area contributed by atoms with Crippen LogP contribution in [0.3, 0.4) is 0 Å². The molecule has 3 aliphatic rings. The van der Waals surface area contributed by atoms with Gasteiger partial charge in [0.1, 0.15) is 12.4 Å². The zero-order valence-electron chi connectivity index (χ0n) is 14.4. The maximum atomic E-state index is 11.7. The highest BCUT2D eigenvalue weighted by Crippen LogP contribution is 2.39. The Morgan fingerprint density at radius 2 is 1.57 bits per heavy atom. The molecule has 21 heavy (non-hydrogen) atoms. The number of carbonyl (C=O) groups excluding carboxylic acids is 2. The third kappa shape index (κ3) is 8.05. The van der Waals surface area contributed by atoms with Crippen LogP contribution < -0.4 is 5.32 Å². The first kappa shape index (κ1) is 19.9. The second kappa shape index (κ2) is 9.03. The molecular weight excluding hydrogens is 268 g/mol. The van der Waals surface area contributed by atoms with E-state index >= 15 is 0 Å². The number of hydrogen-bond donors (Lipinski definition) is 1. The lowest BCUT2D eigenvalue weighted by Gasteiger charge is -2.47. The van der Waals surface area contributed by atoms with Crippen molar-refractivity contribution in [3.63, 3.8) is 0 Å². The van der Waals surface area contributed by atoms with E-state index in [1.807, 2.05) is 39.5 Å². The minimum Gasteiger partial charge on any atom is -0.444 e. The van der Waals surface area contributed by atoms with Gasteiger partial charge in [-0.25, -0.2) is 4.79 Å². The summed E-state index contributed by atoms with van der Waals surface area (Å²) in [5, 5.41) is 3.03. The molecule has 5 heteroatoms. The summed E-state index contributed by atoms with van der Waals surface area (Å²) < 4.78 is 5.33. The van der Waals surface area contributed by atoms with E-state index in [9.17, 15) is 4.79 Å². The Hall–Kier alpha value is -1.10. The molecule has 1 N–H and O–H groups in total. The minimum atomic E-state index is -0.362. The largest absolute Gasteiger partial charge is 0.444 e. The van der Waals surface area contributed by atoms with Crippen LogP contribution in [0.25, 0.3) is 0 Å². The maximum absolute atomic E-state index is 11.7. The average molecular weight is 300 g/mol. The highest BCUT2D eigenvalue weighted by atomic mass is 16.6. The van der Waals surface area contributed by atoms with Crippen LogP contribution in [0.1, 0.15) is 47.5 Å². The molecule has 0 aromatic rings. The molecule has 3 rings (SSSR count). The second-order valence-electron chi connectivity index (χ2n) is 7.03. The van der Waals surface area contributed by atoms with E-state index in [0.29, 0.717) is 6.04 Å². The summed E-state index contributed by atoms with van der Waals surface area (Å²) in [4.78, 5) is 21.6. The lowest BCUT2D eigenvalue weighted by molar-refractivity contribution is -0.0980. The number of rotatable bonds is 1. The topological polar surface area (TPSA) is 58.6 Å². The van der Waals surface area contributed by atoms with Gasteiger partial charge < -0.3 is 19.7 Å². The van der Waals surface area contributed by atoms with Gasteiger partial charge in [-0.3, -0.25) is 0 Å². The van der Waals surface area contributed by atoms with Crippen molar-refractivity contribution >= 4 is 12.9 Å². The zero-order chi connectivity index (χ0) is 16.6. The van der Waals surface area contributed by atoms with E-state index in [-0.39, 0.29) is 11.7 Å². The van der Waals surface area contributed by atoms with Gasteiger partial charge in [-0.05, 0) is 52.5 Å². The van der Waals surface area contributed by atoms with Gasteiger partial charge in [0.05, 0.1) is 0 Å². The van der Waals surface area contributed by atoms with Crippen molar-refractivity contribution in [3.8, 4) is 0 Å². The van der Waals surface area contributed by atoms with Gasteiger partial charge in [0.25, 0.3) is 0 Å². The first-order chi connectivity index (χ1) is 9.71. The molecule has 0 aromatic carbocycles. The molecule has 1 aliphatic carbocycles. The second-order valence-corrected chi connectivity index (χ2v) is 7.03. The molecule has 3 fully saturated rings. The van der Waals surface area contributed by atoms with E-state index in [1.165, 1.54) is 12.8 Å². The fraction of sp³-hybridized carbons (Fsp3) is 0.875. The van der Waals surface area contributed by atoms with Crippen molar-refractivity contribution in [1.82, 2.24) is 10.2 Å². The SMILES string of the molecule is C=O.CC(C)(C)OC(=O)N1CC2CC(C2)C1.CNC(C)C. The van der Waals surface area contributed by atoms with E-state index < -0.39 is 0 Å². The lowest BCUT2D eigenvalue weighted by Crippen LogP contribution is -2.52. The quantitative estimate of drug-likeness (QED) is 0.809. The molecule has 0 aromatic heterocycles. The Labute approximate surface area is 129 Å². The Morgan fingerprint density at radius 3 is 1.86 bits per heavy atom. The van der Waals surface area contributed by atoms with Gasteiger partial charge >= 0.3 is 6.09 Å². The van der Waals surface area contributed by atoms with Crippen molar-refractivity contribution in [3.05, 3.63) is 0 Å². The number of nitrogens with zero attached hydrogens (tertiary/aromatic N) is 1. The fourth-order valence-electron chi connectivity index (χ4n) is 2.35. The van der Waals surface area contributed by atoms with Crippen molar-refractivity contribution in [1.29, 1.82) is 0 Å². The van der Waals surface area contributed by atoms with Crippen molar-refractivity contribution < 1.29 is 14.3 Å². The number of carbonyl (C=O) groups is 2. The number of fused-ring (bicyclic) bond motifs is 2. The molecule has 2 bridgehead atoms. The molecule has 0 unspecified atom stereocenters. The highest BCUT2D eigenvalue weighted by Gasteiger charge is 2.39. The summed E-state index contributed by atoms with van der Waals surface area (Å²) in [6.45, 7) is 13.8. The summed E-state index contributed by atoms with van der Waals surface area (Å²) in [7, 11) is 1.95. The Kier molecular flexibility index (Phi) is 8.55. The third-order valence-corrected chi connectivity index (χ3v) is 3.52. The van der Waals surface area contributed by atoms with Crippen LogP contribution in [0, 0.1) is 11.8 Å². The van der Waals surface area contributed by atoms with Crippen LogP contribution in [-0.2, 0) is 9.53 Å². The molecular formula is C16H32N2O3. The van der Waals surface area contributed by atoms with Crippen LogP contribution in [0.15, 0.2) is 0 Å². The van der Waals surface area contributed by atoms with E-state index in [0.717, 1.165) is 24.9 Å². The summed E-state index contributed by atoms with van der Waals surface area (Å²) >= 11 is 0. The Balaban J connectivity index is 0.000000489. The van der Waals surface area contributed by atoms with Crippen molar-refractivity contribution in [2.45, 2.75) is 59.1 Å². The predicted octanol–water partition coefficient (Wildman–Crippen LogP) is 2.69. The molecule has 0 spiro atoms. The Bertz CT molecular complexity index is 297. The summed E-state index contributed by atoms with van der Waals surface area (Å²) in [6.07, 6.45) is 2.50. The number of piperidine rings is 2. The van der Waals surface area contributed by atoms with Crippen molar-refractivity contribution in [2.24, 2.45) is 11.8 Å². The molecule has 1 saturated carbocycles. The zero-order valence-corrected chi connectivity index (χ0v) is 14.4. The van der Waals surface area contributed by atoms with Gasteiger partial charge in [-0.1, -0.05) is 13.8 Å². The van der Waals surface area contributed by atoms with Gasteiger partial charge in [0, 0.05) is 19.1 Å². The van der Waals surface area contributed by atoms with Gasteiger partial charge in [0.2, 0.25) is 0 Å². The fourth-order valence-corrected chi connectivity index (χ4v) is 2.35. The number of amides is 1. The number of hydrogen-bond acceptors (Lipinski definition) is 4. The standard InChI is InChI=1S/C11H19NO2.C4H11N.CH2O/c1-11(2,3)14-10(13)12-6-8-4-9(5-8)7-12;1-4(2)5-3;1-2/h8-9H,4-7H2,1-3H3;4-5H,1-3H3;1H2. The van der Waals surface area contributed by atoms with E-state index in [4.69, 9.17) is 9.53 Å². The van der Waals surface area contributed by atoms with Crippen LogP contribution in [0.4, 0.5) is 4.79 Å². The number of ether oxygens (including phenoxy) is 1. The molecule has 5 nitrogen and oxygen atoms in total. The van der Waals surface area contributed by atoms with Gasteiger partial charge in [-0.2, -0.15) is 0 Å². The van der Waals surface area contributed by atoms with Gasteiger partial charge in [0.15, 0.2) is 0 Å².